The van der Waals surface area contributed by atoms with Crippen molar-refractivity contribution < 1.29 is 4.79 Å². The van der Waals surface area contributed by atoms with Crippen LogP contribution in [0.25, 0.3) is 5.65 Å². The molecule has 2 atom stereocenters. The Balaban J connectivity index is 1.46. The molecule has 7 heteroatoms. The van der Waals surface area contributed by atoms with Crippen LogP contribution in [0.1, 0.15) is 23.6 Å². The Morgan fingerprint density at radius 2 is 2.26 bits per heavy atom. The number of fused-ring (bicyclic) bond motifs is 1. The Kier molecular flexibility index (Phi) is 3.37. The summed E-state index contributed by atoms with van der Waals surface area (Å²) in [5.74, 6) is 0.678. The molecule has 23 heavy (non-hydrogen) atoms. The average Bonchev–Trinajstić information content (AvgIpc) is 3.23. The minimum absolute atomic E-state index is 0.0140. The van der Waals surface area contributed by atoms with Crippen molar-refractivity contribution in [3.8, 4) is 0 Å². The maximum atomic E-state index is 12.4. The second-order valence-electron chi connectivity index (χ2n) is 5.78. The molecule has 0 aliphatic heterocycles. The predicted octanol–water partition coefficient (Wildman–Crippen LogP) is 2.94. The van der Waals surface area contributed by atoms with E-state index in [4.69, 9.17) is 0 Å². The van der Waals surface area contributed by atoms with Gasteiger partial charge in [0.15, 0.2) is 11.5 Å². The van der Waals surface area contributed by atoms with Gasteiger partial charge in [-0.3, -0.25) is 9.78 Å². The Morgan fingerprint density at radius 3 is 3.04 bits per heavy atom. The minimum atomic E-state index is -0.0327. The molecular weight excluding hydrogens is 358 g/mol. The van der Waals surface area contributed by atoms with E-state index >= 15 is 0 Å². The van der Waals surface area contributed by atoms with Crippen molar-refractivity contribution in [3.05, 3.63) is 52.5 Å². The molecule has 116 valence electrons. The molecule has 3 aromatic rings. The second kappa shape index (κ2) is 5.42. The molecule has 0 saturated heterocycles. The lowest BCUT2D eigenvalue weighted by molar-refractivity contribution is -0.117. The number of carbonyl (C=O) groups is 1. The molecule has 0 radical (unpaired) electrons. The zero-order valence-electron chi connectivity index (χ0n) is 12.4. The first-order chi connectivity index (χ1) is 11.1. The van der Waals surface area contributed by atoms with E-state index in [1.165, 1.54) is 0 Å². The van der Waals surface area contributed by atoms with Gasteiger partial charge < -0.3 is 5.32 Å². The second-order valence-corrected chi connectivity index (χ2v) is 6.59. The van der Waals surface area contributed by atoms with Crippen LogP contribution in [0.2, 0.25) is 0 Å². The van der Waals surface area contributed by atoms with Crippen molar-refractivity contribution >= 4 is 33.3 Å². The molecule has 1 N–H and O–H groups in total. The molecule has 1 amide bonds. The van der Waals surface area contributed by atoms with E-state index in [1.54, 1.807) is 22.8 Å². The molecular formula is C16H14BrN5O. The number of aryl methyl sites for hydroxylation is 1. The topological polar surface area (TPSA) is 72.2 Å². The number of aromatic nitrogens is 4. The standard InChI is InChI=1S/C16H14BrN5O/c1-9-2-3-12(18-8-9)10-6-11(10)16(23)20-14-7-15-19-13(17)4-5-22(15)21-14/h2-5,7-8,10-11H,6H2,1H3,(H,20,21,23)/t10-,11+/m1/s1. The maximum Gasteiger partial charge on any atom is 0.229 e. The summed E-state index contributed by atoms with van der Waals surface area (Å²) in [6.07, 6.45) is 4.46. The molecule has 1 aliphatic rings. The lowest BCUT2D eigenvalue weighted by Gasteiger charge is -2.01. The summed E-state index contributed by atoms with van der Waals surface area (Å²) in [6, 6.07) is 7.58. The van der Waals surface area contributed by atoms with Crippen molar-refractivity contribution in [2.24, 2.45) is 5.92 Å². The van der Waals surface area contributed by atoms with Crippen LogP contribution in [0.15, 0.2) is 41.3 Å². The monoisotopic (exact) mass is 371 g/mol. The molecule has 0 unspecified atom stereocenters. The van der Waals surface area contributed by atoms with E-state index in [0.29, 0.717) is 11.5 Å². The molecule has 0 bridgehead atoms. The fourth-order valence-corrected chi connectivity index (χ4v) is 2.95. The fraction of sp³-hybridized carbons (Fsp3) is 0.250. The number of hydrogen-bond donors (Lipinski definition) is 1. The Labute approximate surface area is 141 Å². The Hall–Kier alpha value is -2.28. The summed E-state index contributed by atoms with van der Waals surface area (Å²) in [5.41, 5.74) is 2.79. The zero-order chi connectivity index (χ0) is 16.0. The normalized spacial score (nSPS) is 19.7. The SMILES string of the molecule is Cc1ccc([C@@H]2C[C@@H]2C(=O)Nc2cc3nc(Br)ccn3n2)nc1. The average molecular weight is 372 g/mol. The summed E-state index contributed by atoms with van der Waals surface area (Å²) in [7, 11) is 0. The lowest BCUT2D eigenvalue weighted by atomic mass is 10.2. The Bertz CT molecular complexity index is 889. The third-order valence-corrected chi connectivity index (χ3v) is 4.42. The van der Waals surface area contributed by atoms with Crippen LogP contribution in [0.5, 0.6) is 0 Å². The first-order valence-electron chi connectivity index (χ1n) is 7.35. The van der Waals surface area contributed by atoms with Gasteiger partial charge in [0, 0.05) is 36.0 Å². The highest BCUT2D eigenvalue weighted by Crippen LogP contribution is 2.47. The van der Waals surface area contributed by atoms with Crippen LogP contribution in [-0.4, -0.2) is 25.5 Å². The minimum Gasteiger partial charge on any atom is -0.309 e. The number of carbonyl (C=O) groups excluding carboxylic acids is 1. The molecule has 1 fully saturated rings. The summed E-state index contributed by atoms with van der Waals surface area (Å²) in [6.45, 7) is 2.00. The first-order valence-corrected chi connectivity index (χ1v) is 8.15. The summed E-state index contributed by atoms with van der Waals surface area (Å²) in [4.78, 5) is 21.1. The Morgan fingerprint density at radius 1 is 1.39 bits per heavy atom. The lowest BCUT2D eigenvalue weighted by Crippen LogP contribution is -2.15. The van der Waals surface area contributed by atoms with Crippen LogP contribution in [0, 0.1) is 12.8 Å². The van der Waals surface area contributed by atoms with Crippen molar-refractivity contribution in [2.75, 3.05) is 5.32 Å². The van der Waals surface area contributed by atoms with E-state index in [1.807, 2.05) is 25.3 Å². The van der Waals surface area contributed by atoms with Crippen molar-refractivity contribution in [2.45, 2.75) is 19.3 Å². The van der Waals surface area contributed by atoms with Gasteiger partial charge in [0.25, 0.3) is 0 Å². The third kappa shape index (κ3) is 2.84. The van der Waals surface area contributed by atoms with Gasteiger partial charge in [0.05, 0.1) is 0 Å². The quantitative estimate of drug-likeness (QED) is 0.718. The van der Waals surface area contributed by atoms with Crippen molar-refractivity contribution in [1.82, 2.24) is 19.6 Å². The van der Waals surface area contributed by atoms with Gasteiger partial charge in [0.1, 0.15) is 4.60 Å². The van der Waals surface area contributed by atoms with Gasteiger partial charge in [-0.05, 0) is 47.0 Å². The van der Waals surface area contributed by atoms with Gasteiger partial charge in [-0.2, -0.15) is 0 Å². The molecule has 4 rings (SSSR count). The highest BCUT2D eigenvalue weighted by molar-refractivity contribution is 9.10. The largest absolute Gasteiger partial charge is 0.309 e. The predicted molar refractivity (Wildman–Crippen MR) is 89.1 cm³/mol. The van der Waals surface area contributed by atoms with E-state index in [-0.39, 0.29) is 17.7 Å². The number of halogens is 1. The first kappa shape index (κ1) is 14.3. The highest BCUT2D eigenvalue weighted by atomic mass is 79.9. The van der Waals surface area contributed by atoms with E-state index < -0.39 is 0 Å². The maximum absolute atomic E-state index is 12.4. The number of hydrogen-bond acceptors (Lipinski definition) is 4. The van der Waals surface area contributed by atoms with Crippen LogP contribution in [0.4, 0.5) is 5.82 Å². The number of pyridine rings is 1. The molecule has 1 saturated carbocycles. The van der Waals surface area contributed by atoms with Gasteiger partial charge in [-0.15, -0.1) is 5.10 Å². The van der Waals surface area contributed by atoms with Crippen molar-refractivity contribution in [3.63, 3.8) is 0 Å². The van der Waals surface area contributed by atoms with E-state index in [0.717, 1.165) is 22.3 Å². The summed E-state index contributed by atoms with van der Waals surface area (Å²) >= 11 is 3.32. The summed E-state index contributed by atoms with van der Waals surface area (Å²) < 4.78 is 2.36. The van der Waals surface area contributed by atoms with E-state index in [9.17, 15) is 4.79 Å². The molecule has 3 aromatic heterocycles. The van der Waals surface area contributed by atoms with Crippen LogP contribution in [-0.2, 0) is 4.79 Å². The van der Waals surface area contributed by atoms with Gasteiger partial charge in [-0.1, -0.05) is 6.07 Å². The van der Waals surface area contributed by atoms with Crippen molar-refractivity contribution in [1.29, 1.82) is 0 Å². The molecule has 1 aliphatic carbocycles. The molecule has 3 heterocycles. The van der Waals surface area contributed by atoms with Crippen LogP contribution < -0.4 is 5.32 Å². The molecule has 0 aromatic carbocycles. The number of nitrogens with one attached hydrogen (secondary N) is 1. The smallest absolute Gasteiger partial charge is 0.229 e. The zero-order valence-corrected chi connectivity index (χ0v) is 14.0. The van der Waals surface area contributed by atoms with Gasteiger partial charge >= 0.3 is 0 Å². The van der Waals surface area contributed by atoms with Gasteiger partial charge in [0.2, 0.25) is 5.91 Å². The number of anilines is 1. The molecule has 6 nitrogen and oxygen atoms in total. The van der Waals surface area contributed by atoms with Gasteiger partial charge in [-0.25, -0.2) is 9.50 Å². The fourth-order valence-electron chi connectivity index (χ4n) is 2.65. The highest BCUT2D eigenvalue weighted by Gasteiger charge is 2.45. The van der Waals surface area contributed by atoms with Crippen LogP contribution >= 0.6 is 15.9 Å². The van der Waals surface area contributed by atoms with Crippen LogP contribution in [0.3, 0.4) is 0 Å². The number of amides is 1. The number of nitrogens with zero attached hydrogens (tertiary/aromatic N) is 4. The van der Waals surface area contributed by atoms with E-state index in [2.05, 4.69) is 36.3 Å². The molecule has 0 spiro atoms. The third-order valence-electron chi connectivity index (χ3n) is 3.98. The number of rotatable bonds is 3. The summed E-state index contributed by atoms with van der Waals surface area (Å²) in [5, 5.41) is 7.17.